The summed E-state index contributed by atoms with van der Waals surface area (Å²) in [4.78, 5) is 26.4. The highest BCUT2D eigenvalue weighted by Crippen LogP contribution is 2.24. The largest absolute Gasteiger partial charge is 0.497 e. The van der Waals surface area contributed by atoms with Crippen molar-refractivity contribution in [2.75, 3.05) is 34.4 Å². The molecule has 2 rings (SSSR count). The minimum Gasteiger partial charge on any atom is -0.497 e. The highest BCUT2D eigenvalue weighted by molar-refractivity contribution is 6.30. The van der Waals surface area contributed by atoms with Crippen LogP contribution < -0.4 is 9.47 Å². The lowest BCUT2D eigenvalue weighted by Crippen LogP contribution is -2.33. The average molecular weight is 448 g/mol. The van der Waals surface area contributed by atoms with Crippen LogP contribution in [0.4, 0.5) is 0 Å². The Morgan fingerprint density at radius 1 is 0.903 bits per heavy atom. The Bertz CT molecular complexity index is 849. The van der Waals surface area contributed by atoms with Gasteiger partial charge in [-0.05, 0) is 55.5 Å². The highest BCUT2D eigenvalue weighted by Gasteiger charge is 2.18. The van der Waals surface area contributed by atoms with Crippen LogP contribution in [0.3, 0.4) is 0 Å². The van der Waals surface area contributed by atoms with Crippen molar-refractivity contribution < 1.29 is 23.8 Å². The molecule has 0 N–H and O–H groups in total. The van der Waals surface area contributed by atoms with Gasteiger partial charge >= 0.3 is 5.97 Å². The summed E-state index contributed by atoms with van der Waals surface area (Å²) >= 11 is 6.07. The van der Waals surface area contributed by atoms with Crippen LogP contribution in [-0.2, 0) is 16.0 Å². The third kappa shape index (κ3) is 8.13. The van der Waals surface area contributed by atoms with Crippen molar-refractivity contribution in [3.63, 3.8) is 0 Å². The number of amides is 1. The highest BCUT2D eigenvalue weighted by atomic mass is 35.5. The first-order chi connectivity index (χ1) is 15.0. The van der Waals surface area contributed by atoms with E-state index in [9.17, 15) is 9.59 Å². The van der Waals surface area contributed by atoms with Gasteiger partial charge in [0.2, 0.25) is 0 Å². The van der Waals surface area contributed by atoms with Gasteiger partial charge < -0.3 is 19.1 Å². The van der Waals surface area contributed by atoms with Gasteiger partial charge in [-0.2, -0.15) is 0 Å². The van der Waals surface area contributed by atoms with E-state index in [1.54, 1.807) is 32.4 Å². The van der Waals surface area contributed by atoms with Crippen LogP contribution in [0.5, 0.6) is 11.5 Å². The number of hydrogen-bond donors (Lipinski definition) is 0. The minimum absolute atomic E-state index is 0.0960. The number of rotatable bonds is 12. The van der Waals surface area contributed by atoms with Crippen LogP contribution in [0.15, 0.2) is 42.5 Å². The van der Waals surface area contributed by atoms with E-state index >= 15 is 0 Å². The number of nitrogens with zero attached hydrogens (tertiary/aromatic N) is 1. The van der Waals surface area contributed by atoms with Gasteiger partial charge in [-0.25, -0.2) is 0 Å². The number of halogens is 1. The maximum atomic E-state index is 13.3. The van der Waals surface area contributed by atoms with E-state index in [2.05, 4.69) is 0 Å². The Labute approximate surface area is 189 Å². The number of carbonyl (C=O) groups excluding carboxylic acids is 2. The van der Waals surface area contributed by atoms with Gasteiger partial charge in [0.1, 0.15) is 11.5 Å². The van der Waals surface area contributed by atoms with Crippen LogP contribution in [0.2, 0.25) is 5.02 Å². The second-order valence-electron chi connectivity index (χ2n) is 7.16. The number of carbonyl (C=O) groups is 2. The molecule has 1 amide bonds. The SMILES string of the molecule is COC(=O)CCCCN(CCCc1cccc(Cl)c1)C(=O)c1cc(OC)cc(OC)c1. The van der Waals surface area contributed by atoms with Gasteiger partial charge in [0.25, 0.3) is 5.91 Å². The first-order valence-corrected chi connectivity index (χ1v) is 10.7. The van der Waals surface area contributed by atoms with Crippen LogP contribution in [0.1, 0.15) is 41.6 Å². The fourth-order valence-corrected chi connectivity index (χ4v) is 3.48. The van der Waals surface area contributed by atoms with Crippen molar-refractivity contribution in [2.24, 2.45) is 0 Å². The summed E-state index contributed by atoms with van der Waals surface area (Å²) in [5.74, 6) is 0.789. The molecule has 0 bridgehead atoms. The van der Waals surface area contributed by atoms with Crippen molar-refractivity contribution in [3.8, 4) is 11.5 Å². The number of ether oxygens (including phenoxy) is 3. The number of methoxy groups -OCH3 is 3. The Morgan fingerprint density at radius 3 is 2.19 bits per heavy atom. The van der Waals surface area contributed by atoms with Crippen molar-refractivity contribution in [1.29, 1.82) is 0 Å². The van der Waals surface area contributed by atoms with Crippen LogP contribution in [0, 0.1) is 0 Å². The second-order valence-corrected chi connectivity index (χ2v) is 7.60. The average Bonchev–Trinajstić information content (AvgIpc) is 2.79. The molecule has 2 aromatic rings. The molecule has 0 aliphatic rings. The molecular formula is C24H30ClNO5. The smallest absolute Gasteiger partial charge is 0.305 e. The summed E-state index contributed by atoms with van der Waals surface area (Å²) in [7, 11) is 4.49. The van der Waals surface area contributed by atoms with Crippen molar-refractivity contribution in [3.05, 3.63) is 58.6 Å². The first-order valence-electron chi connectivity index (χ1n) is 10.3. The molecule has 0 fully saturated rings. The lowest BCUT2D eigenvalue weighted by Gasteiger charge is -2.23. The lowest BCUT2D eigenvalue weighted by molar-refractivity contribution is -0.140. The molecule has 0 aliphatic carbocycles. The van der Waals surface area contributed by atoms with E-state index in [4.69, 9.17) is 25.8 Å². The summed E-state index contributed by atoms with van der Waals surface area (Å²) in [6.45, 7) is 1.13. The molecule has 168 valence electrons. The van der Waals surface area contributed by atoms with E-state index < -0.39 is 0 Å². The molecule has 7 heteroatoms. The minimum atomic E-state index is -0.239. The maximum absolute atomic E-state index is 13.3. The van der Waals surface area contributed by atoms with Crippen molar-refractivity contribution in [1.82, 2.24) is 4.90 Å². The number of esters is 1. The lowest BCUT2D eigenvalue weighted by atomic mass is 10.1. The topological polar surface area (TPSA) is 65.1 Å². The van der Waals surface area contributed by atoms with Gasteiger partial charge in [0.05, 0.1) is 21.3 Å². The molecule has 0 aromatic heterocycles. The van der Waals surface area contributed by atoms with E-state index in [1.165, 1.54) is 7.11 Å². The van der Waals surface area contributed by atoms with E-state index in [0.717, 1.165) is 18.4 Å². The predicted molar refractivity (Wildman–Crippen MR) is 121 cm³/mol. The van der Waals surface area contributed by atoms with Gasteiger partial charge in [-0.1, -0.05) is 23.7 Å². The summed E-state index contributed by atoms with van der Waals surface area (Å²) in [5.41, 5.74) is 1.64. The number of benzene rings is 2. The van der Waals surface area contributed by atoms with Gasteiger partial charge in [-0.3, -0.25) is 9.59 Å². The monoisotopic (exact) mass is 447 g/mol. The quantitative estimate of drug-likeness (QED) is 0.346. The molecule has 0 unspecified atom stereocenters. The van der Waals surface area contributed by atoms with Crippen LogP contribution >= 0.6 is 11.6 Å². The maximum Gasteiger partial charge on any atom is 0.305 e. The van der Waals surface area contributed by atoms with Crippen molar-refractivity contribution >= 4 is 23.5 Å². The Morgan fingerprint density at radius 2 is 1.58 bits per heavy atom. The van der Waals surface area contributed by atoms with Gasteiger partial charge in [-0.15, -0.1) is 0 Å². The second kappa shape index (κ2) is 12.8. The van der Waals surface area contributed by atoms with Gasteiger partial charge in [0, 0.05) is 36.2 Å². The molecule has 0 spiro atoms. The molecule has 0 saturated heterocycles. The summed E-state index contributed by atoms with van der Waals surface area (Å²) in [6, 6.07) is 12.9. The van der Waals surface area contributed by atoms with Crippen LogP contribution in [-0.4, -0.2) is 51.2 Å². The van der Waals surface area contributed by atoms with E-state index in [1.807, 2.05) is 29.2 Å². The fraction of sp³-hybridized carbons (Fsp3) is 0.417. The molecular weight excluding hydrogens is 418 g/mol. The third-order valence-corrected chi connectivity index (χ3v) is 5.19. The molecule has 6 nitrogen and oxygen atoms in total. The normalized spacial score (nSPS) is 10.5. The fourth-order valence-electron chi connectivity index (χ4n) is 3.27. The van der Waals surface area contributed by atoms with E-state index in [-0.39, 0.29) is 11.9 Å². The molecule has 2 aromatic carbocycles. The van der Waals surface area contributed by atoms with E-state index in [0.29, 0.717) is 54.4 Å². The first kappa shape index (κ1) is 24.5. The van der Waals surface area contributed by atoms with Crippen molar-refractivity contribution in [2.45, 2.75) is 32.1 Å². The zero-order chi connectivity index (χ0) is 22.6. The van der Waals surface area contributed by atoms with Crippen LogP contribution in [0.25, 0.3) is 0 Å². The standard InChI is InChI=1S/C24H30ClNO5/c1-29-21-15-19(16-22(17-21)30-2)24(28)26(12-5-4-11-23(27)31-3)13-7-9-18-8-6-10-20(25)14-18/h6,8,10,14-17H,4-5,7,9,11-13H2,1-3H3. The molecule has 0 aliphatic heterocycles. The predicted octanol–water partition coefficient (Wildman–Crippen LogP) is 4.78. The summed E-state index contributed by atoms with van der Waals surface area (Å²) < 4.78 is 15.3. The summed E-state index contributed by atoms with van der Waals surface area (Å²) in [5, 5.41) is 0.705. The molecule has 31 heavy (non-hydrogen) atoms. The Hall–Kier alpha value is -2.73. The molecule has 0 atom stereocenters. The Kier molecular flexibility index (Phi) is 10.2. The Balaban J connectivity index is 2.08. The molecule has 0 radical (unpaired) electrons. The third-order valence-electron chi connectivity index (χ3n) is 4.95. The van der Waals surface area contributed by atoms with Gasteiger partial charge in [0.15, 0.2) is 0 Å². The molecule has 0 saturated carbocycles. The molecule has 0 heterocycles. The number of aryl methyl sites for hydroxylation is 1. The number of unbranched alkanes of at least 4 members (excludes halogenated alkanes) is 1. The summed E-state index contributed by atoms with van der Waals surface area (Å²) in [6.07, 6.45) is 3.32. The zero-order valence-corrected chi connectivity index (χ0v) is 19.1. The zero-order valence-electron chi connectivity index (χ0n) is 18.4. The number of hydrogen-bond acceptors (Lipinski definition) is 5.